The first-order valence-corrected chi connectivity index (χ1v) is 9.26. The van der Waals surface area contributed by atoms with Crippen LogP contribution in [0.25, 0.3) is 10.2 Å². The van der Waals surface area contributed by atoms with Crippen molar-refractivity contribution in [2.75, 3.05) is 13.7 Å². The largest absolute Gasteiger partial charge is 0.493 e. The van der Waals surface area contributed by atoms with Gasteiger partial charge in [0.2, 0.25) is 5.91 Å². The number of ether oxygens (including phenoxy) is 1. The summed E-state index contributed by atoms with van der Waals surface area (Å²) in [7, 11) is 1.77. The van der Waals surface area contributed by atoms with Crippen molar-refractivity contribution < 1.29 is 9.53 Å². The second kappa shape index (κ2) is 8.04. The molecule has 1 heterocycles. The Hall–Kier alpha value is -1.82. The van der Waals surface area contributed by atoms with Gasteiger partial charge in [0.15, 0.2) is 0 Å². The average Bonchev–Trinajstić information content (AvgIpc) is 3.00. The maximum absolute atomic E-state index is 12.2. The van der Waals surface area contributed by atoms with Crippen molar-refractivity contribution in [3.05, 3.63) is 57.5 Å². The van der Waals surface area contributed by atoms with Crippen LogP contribution in [0.15, 0.2) is 42.5 Å². The zero-order valence-electron chi connectivity index (χ0n) is 13.5. The lowest BCUT2D eigenvalue weighted by molar-refractivity contribution is -0.130. The molecule has 1 aromatic heterocycles. The van der Waals surface area contributed by atoms with Crippen molar-refractivity contribution >= 4 is 50.7 Å². The summed E-state index contributed by atoms with van der Waals surface area (Å²) in [6.07, 6.45) is 0.279. The molecular weight excluding hydrogens is 379 g/mol. The van der Waals surface area contributed by atoms with Crippen molar-refractivity contribution in [3.8, 4) is 5.75 Å². The summed E-state index contributed by atoms with van der Waals surface area (Å²) in [5, 5.41) is 1.82. The fourth-order valence-electron chi connectivity index (χ4n) is 2.29. The molecule has 1 amide bonds. The van der Waals surface area contributed by atoms with E-state index in [1.165, 1.54) is 0 Å². The number of aromatic nitrogens is 1. The van der Waals surface area contributed by atoms with E-state index in [1.807, 2.05) is 24.3 Å². The van der Waals surface area contributed by atoms with E-state index in [-0.39, 0.29) is 18.9 Å². The maximum atomic E-state index is 12.2. The highest BCUT2D eigenvalue weighted by atomic mass is 35.5. The monoisotopic (exact) mass is 394 g/mol. The van der Waals surface area contributed by atoms with E-state index < -0.39 is 0 Å². The van der Waals surface area contributed by atoms with E-state index in [9.17, 15) is 4.79 Å². The molecule has 0 unspecified atom stereocenters. The van der Waals surface area contributed by atoms with E-state index in [0.717, 1.165) is 15.2 Å². The van der Waals surface area contributed by atoms with Gasteiger partial charge in [0.05, 0.1) is 39.8 Å². The summed E-state index contributed by atoms with van der Waals surface area (Å²) in [4.78, 5) is 18.5. The SMILES string of the molecule is CN(Cc1nc2ccccc2s1)C(=O)CCOc1ccc(Cl)c(Cl)c1. The number of benzene rings is 2. The van der Waals surface area contributed by atoms with Gasteiger partial charge in [-0.1, -0.05) is 35.3 Å². The molecule has 3 rings (SSSR count). The van der Waals surface area contributed by atoms with Crippen LogP contribution in [0.3, 0.4) is 0 Å². The van der Waals surface area contributed by atoms with Gasteiger partial charge in [-0.3, -0.25) is 4.79 Å². The van der Waals surface area contributed by atoms with E-state index in [1.54, 1.807) is 41.5 Å². The van der Waals surface area contributed by atoms with Crippen LogP contribution in [-0.4, -0.2) is 29.4 Å². The Kier molecular flexibility index (Phi) is 5.78. The van der Waals surface area contributed by atoms with Crippen molar-refractivity contribution in [2.45, 2.75) is 13.0 Å². The van der Waals surface area contributed by atoms with Gasteiger partial charge in [-0.05, 0) is 24.3 Å². The second-order valence-corrected chi connectivity index (χ2v) is 7.43. The third-order valence-electron chi connectivity index (χ3n) is 3.61. The first-order valence-electron chi connectivity index (χ1n) is 7.69. The number of nitrogens with zero attached hydrogens (tertiary/aromatic N) is 2. The highest BCUT2D eigenvalue weighted by molar-refractivity contribution is 7.18. The predicted molar refractivity (Wildman–Crippen MR) is 103 cm³/mol. The molecule has 25 heavy (non-hydrogen) atoms. The highest BCUT2D eigenvalue weighted by Crippen LogP contribution is 2.26. The predicted octanol–water partition coefficient (Wildman–Crippen LogP) is 5.03. The van der Waals surface area contributed by atoms with Crippen molar-refractivity contribution in [2.24, 2.45) is 0 Å². The molecular formula is C18H16Cl2N2O2S. The molecule has 0 saturated heterocycles. The fraction of sp³-hybridized carbons (Fsp3) is 0.222. The van der Waals surface area contributed by atoms with Crippen LogP contribution in [0.1, 0.15) is 11.4 Å². The van der Waals surface area contributed by atoms with Gasteiger partial charge >= 0.3 is 0 Å². The molecule has 7 heteroatoms. The molecule has 0 N–H and O–H groups in total. The number of fused-ring (bicyclic) bond motifs is 1. The Labute approximate surface area is 159 Å². The lowest BCUT2D eigenvalue weighted by atomic mass is 10.3. The molecule has 0 aliphatic carbocycles. The number of amides is 1. The lowest BCUT2D eigenvalue weighted by Crippen LogP contribution is -2.27. The van der Waals surface area contributed by atoms with E-state index in [2.05, 4.69) is 4.98 Å². The van der Waals surface area contributed by atoms with Gasteiger partial charge in [0.1, 0.15) is 10.8 Å². The number of carbonyl (C=O) groups excluding carboxylic acids is 1. The molecule has 4 nitrogen and oxygen atoms in total. The van der Waals surface area contributed by atoms with E-state index in [0.29, 0.717) is 22.3 Å². The van der Waals surface area contributed by atoms with Gasteiger partial charge < -0.3 is 9.64 Å². The number of para-hydroxylation sites is 1. The summed E-state index contributed by atoms with van der Waals surface area (Å²) in [6.45, 7) is 0.770. The molecule has 0 spiro atoms. The molecule has 130 valence electrons. The summed E-state index contributed by atoms with van der Waals surface area (Å²) >= 11 is 13.4. The smallest absolute Gasteiger partial charge is 0.226 e. The van der Waals surface area contributed by atoms with Gasteiger partial charge in [-0.15, -0.1) is 11.3 Å². The van der Waals surface area contributed by atoms with Gasteiger partial charge in [0.25, 0.3) is 0 Å². The Morgan fingerprint density at radius 2 is 2.00 bits per heavy atom. The Bertz CT molecular complexity index is 865. The summed E-state index contributed by atoms with van der Waals surface area (Å²) in [5.41, 5.74) is 0.964. The Morgan fingerprint density at radius 1 is 1.20 bits per heavy atom. The van der Waals surface area contributed by atoms with Crippen molar-refractivity contribution in [1.29, 1.82) is 0 Å². The number of thiazole rings is 1. The number of hydrogen-bond acceptors (Lipinski definition) is 4. The van der Waals surface area contributed by atoms with Gasteiger partial charge in [-0.2, -0.15) is 0 Å². The van der Waals surface area contributed by atoms with Crippen LogP contribution in [-0.2, 0) is 11.3 Å². The van der Waals surface area contributed by atoms with Crippen LogP contribution < -0.4 is 4.74 Å². The standard InChI is InChI=1S/C18H16Cl2N2O2S/c1-22(11-17-21-15-4-2-3-5-16(15)25-17)18(23)8-9-24-12-6-7-13(19)14(20)10-12/h2-7,10H,8-9,11H2,1H3. The van der Waals surface area contributed by atoms with Crippen LogP contribution >= 0.6 is 34.5 Å². The quantitative estimate of drug-likeness (QED) is 0.588. The van der Waals surface area contributed by atoms with E-state index in [4.69, 9.17) is 27.9 Å². The third kappa shape index (κ3) is 4.63. The zero-order valence-corrected chi connectivity index (χ0v) is 15.9. The minimum atomic E-state index is -0.000633. The molecule has 0 bridgehead atoms. The minimum absolute atomic E-state index is 0.000633. The fourth-order valence-corrected chi connectivity index (χ4v) is 3.60. The summed E-state index contributed by atoms with van der Waals surface area (Å²) in [6, 6.07) is 13.0. The average molecular weight is 395 g/mol. The van der Waals surface area contributed by atoms with Crippen LogP contribution in [0.4, 0.5) is 0 Å². The molecule has 3 aromatic rings. The molecule has 2 aromatic carbocycles. The zero-order chi connectivity index (χ0) is 17.8. The molecule has 0 saturated carbocycles. The maximum Gasteiger partial charge on any atom is 0.226 e. The molecule has 0 aliphatic heterocycles. The van der Waals surface area contributed by atoms with Crippen LogP contribution in [0.2, 0.25) is 10.0 Å². The van der Waals surface area contributed by atoms with Gasteiger partial charge in [-0.25, -0.2) is 4.98 Å². The normalized spacial score (nSPS) is 10.8. The number of carbonyl (C=O) groups is 1. The number of hydrogen-bond donors (Lipinski definition) is 0. The van der Waals surface area contributed by atoms with Crippen molar-refractivity contribution in [1.82, 2.24) is 9.88 Å². The third-order valence-corrected chi connectivity index (χ3v) is 5.37. The first-order chi connectivity index (χ1) is 12.0. The second-order valence-electron chi connectivity index (χ2n) is 5.50. The summed E-state index contributed by atoms with van der Waals surface area (Å²) in [5.74, 6) is 0.593. The molecule has 0 atom stereocenters. The molecule has 0 aliphatic rings. The van der Waals surface area contributed by atoms with Crippen LogP contribution in [0, 0.1) is 0 Å². The molecule has 0 fully saturated rings. The minimum Gasteiger partial charge on any atom is -0.493 e. The first kappa shape index (κ1) is 18.0. The number of rotatable bonds is 6. The lowest BCUT2D eigenvalue weighted by Gasteiger charge is -2.16. The Balaban J connectivity index is 1.51. The van der Waals surface area contributed by atoms with Crippen molar-refractivity contribution in [3.63, 3.8) is 0 Å². The highest BCUT2D eigenvalue weighted by Gasteiger charge is 2.12. The van der Waals surface area contributed by atoms with E-state index >= 15 is 0 Å². The van der Waals surface area contributed by atoms with Gasteiger partial charge in [0, 0.05) is 13.1 Å². The number of halogens is 2. The summed E-state index contributed by atoms with van der Waals surface area (Å²) < 4.78 is 6.68. The Morgan fingerprint density at radius 3 is 2.76 bits per heavy atom. The van der Waals surface area contributed by atoms with Crippen LogP contribution in [0.5, 0.6) is 5.75 Å². The molecule has 0 radical (unpaired) electrons. The topological polar surface area (TPSA) is 42.4 Å².